The molecule has 1 aromatic rings. The number of amides is 1. The summed E-state index contributed by atoms with van der Waals surface area (Å²) in [6.07, 6.45) is 2.91. The molecule has 1 aromatic carbocycles. The lowest BCUT2D eigenvalue weighted by Gasteiger charge is -2.46. The fraction of sp³-hybridized carbons (Fsp3) is 0.533. The molecule has 3 heteroatoms. The van der Waals surface area contributed by atoms with Gasteiger partial charge in [0.1, 0.15) is 0 Å². The van der Waals surface area contributed by atoms with Gasteiger partial charge in [-0.3, -0.25) is 4.79 Å². The van der Waals surface area contributed by atoms with Crippen molar-refractivity contribution in [1.29, 1.82) is 0 Å². The van der Waals surface area contributed by atoms with Crippen LogP contribution < -0.4 is 5.32 Å². The van der Waals surface area contributed by atoms with E-state index in [0.29, 0.717) is 6.04 Å². The van der Waals surface area contributed by atoms with Crippen molar-refractivity contribution in [2.24, 2.45) is 0 Å². The maximum Gasteiger partial charge on any atom is 0.232 e. The third kappa shape index (κ3) is 1.57. The lowest BCUT2D eigenvalue weighted by Crippen LogP contribution is -2.57. The molecule has 18 heavy (non-hydrogen) atoms. The van der Waals surface area contributed by atoms with Gasteiger partial charge in [-0.15, -0.1) is 0 Å². The van der Waals surface area contributed by atoms with Crippen molar-refractivity contribution in [3.8, 4) is 0 Å². The van der Waals surface area contributed by atoms with Gasteiger partial charge >= 0.3 is 0 Å². The highest BCUT2D eigenvalue weighted by molar-refractivity contribution is 5.89. The summed E-state index contributed by atoms with van der Waals surface area (Å²) in [7, 11) is 3.73. The third-order valence-corrected chi connectivity index (χ3v) is 4.39. The van der Waals surface area contributed by atoms with Gasteiger partial charge in [0, 0.05) is 20.1 Å². The minimum absolute atomic E-state index is 0.265. The van der Waals surface area contributed by atoms with E-state index in [-0.39, 0.29) is 11.3 Å². The predicted octanol–water partition coefficient (Wildman–Crippen LogP) is 1.32. The van der Waals surface area contributed by atoms with Crippen molar-refractivity contribution in [1.82, 2.24) is 10.2 Å². The van der Waals surface area contributed by atoms with E-state index in [9.17, 15) is 4.79 Å². The van der Waals surface area contributed by atoms with E-state index < -0.39 is 0 Å². The first kappa shape index (κ1) is 11.7. The normalized spacial score (nSPS) is 29.6. The Hall–Kier alpha value is -1.35. The molecule has 96 valence electrons. The Balaban J connectivity index is 2.14. The van der Waals surface area contributed by atoms with Gasteiger partial charge in [-0.05, 0) is 36.9 Å². The fourth-order valence-corrected chi connectivity index (χ4v) is 3.64. The SMILES string of the molecule is CN(C)C(=O)C12CCNC(Cc3ccccc31)C2. The van der Waals surface area contributed by atoms with Crippen molar-refractivity contribution < 1.29 is 4.79 Å². The Kier molecular flexibility index (Phi) is 2.67. The largest absolute Gasteiger partial charge is 0.348 e. The molecule has 0 spiro atoms. The minimum atomic E-state index is -0.283. The first-order valence-electron chi connectivity index (χ1n) is 6.67. The monoisotopic (exact) mass is 244 g/mol. The Labute approximate surface area is 108 Å². The number of hydrogen-bond acceptors (Lipinski definition) is 2. The molecule has 0 radical (unpaired) electrons. The standard InChI is InChI=1S/C15H20N2O/c1-17(2)14(18)15-7-8-16-12(10-15)9-11-5-3-4-6-13(11)15/h3-6,12,16H,7-10H2,1-2H3. The second-order valence-electron chi connectivity index (χ2n) is 5.75. The number of likely N-dealkylation sites (N-methyl/N-ethyl adjacent to an activating group) is 1. The zero-order valence-electron chi connectivity index (χ0n) is 11.1. The Bertz CT molecular complexity index is 483. The average Bonchev–Trinajstić information content (AvgIpc) is 2.38. The van der Waals surface area contributed by atoms with Gasteiger partial charge in [0.05, 0.1) is 5.41 Å². The molecule has 1 heterocycles. The van der Waals surface area contributed by atoms with Crippen molar-refractivity contribution >= 4 is 5.91 Å². The van der Waals surface area contributed by atoms with E-state index in [4.69, 9.17) is 0 Å². The third-order valence-electron chi connectivity index (χ3n) is 4.39. The van der Waals surface area contributed by atoms with Crippen molar-refractivity contribution in [2.75, 3.05) is 20.6 Å². The van der Waals surface area contributed by atoms with Crippen LogP contribution >= 0.6 is 0 Å². The van der Waals surface area contributed by atoms with E-state index in [1.165, 1.54) is 11.1 Å². The summed E-state index contributed by atoms with van der Waals surface area (Å²) < 4.78 is 0. The van der Waals surface area contributed by atoms with Crippen LogP contribution in [-0.4, -0.2) is 37.5 Å². The van der Waals surface area contributed by atoms with Crippen LogP contribution in [0.15, 0.2) is 24.3 Å². The summed E-state index contributed by atoms with van der Waals surface area (Å²) in [5, 5.41) is 3.54. The smallest absolute Gasteiger partial charge is 0.232 e. The molecule has 1 N–H and O–H groups in total. The molecule has 1 aliphatic carbocycles. The van der Waals surface area contributed by atoms with E-state index in [2.05, 4.69) is 29.6 Å². The molecule has 1 saturated heterocycles. The van der Waals surface area contributed by atoms with Gasteiger partial charge < -0.3 is 10.2 Å². The first-order chi connectivity index (χ1) is 8.63. The first-order valence-corrected chi connectivity index (χ1v) is 6.67. The number of benzene rings is 1. The van der Waals surface area contributed by atoms with Gasteiger partial charge in [-0.2, -0.15) is 0 Å². The molecule has 2 bridgehead atoms. The highest BCUT2D eigenvalue weighted by atomic mass is 16.2. The Morgan fingerprint density at radius 2 is 2.17 bits per heavy atom. The topological polar surface area (TPSA) is 32.3 Å². The molecule has 3 nitrogen and oxygen atoms in total. The summed E-state index contributed by atoms with van der Waals surface area (Å²) >= 11 is 0. The van der Waals surface area contributed by atoms with Crippen LogP contribution in [0.25, 0.3) is 0 Å². The number of nitrogens with zero attached hydrogens (tertiary/aromatic N) is 1. The molecule has 2 atom stereocenters. The molecule has 1 fully saturated rings. The van der Waals surface area contributed by atoms with Gasteiger partial charge in [0.15, 0.2) is 0 Å². The number of carbonyl (C=O) groups is 1. The number of carbonyl (C=O) groups excluding carboxylic acids is 1. The second-order valence-corrected chi connectivity index (χ2v) is 5.75. The van der Waals surface area contributed by atoms with E-state index in [1.807, 2.05) is 14.1 Å². The number of hydrogen-bond donors (Lipinski definition) is 1. The van der Waals surface area contributed by atoms with Crippen LogP contribution in [0.4, 0.5) is 0 Å². The molecular formula is C15H20N2O. The fourth-order valence-electron chi connectivity index (χ4n) is 3.64. The molecule has 2 aliphatic rings. The highest BCUT2D eigenvalue weighted by Gasteiger charge is 2.48. The summed E-state index contributed by atoms with van der Waals surface area (Å²) in [5.74, 6) is 0.265. The van der Waals surface area contributed by atoms with Crippen LogP contribution in [0, 0.1) is 0 Å². The lowest BCUT2D eigenvalue weighted by atomic mass is 9.63. The van der Waals surface area contributed by atoms with Crippen LogP contribution in [0.2, 0.25) is 0 Å². The molecule has 0 aromatic heterocycles. The second kappa shape index (κ2) is 4.09. The van der Waals surface area contributed by atoms with Gasteiger partial charge in [-0.1, -0.05) is 24.3 Å². The van der Waals surface area contributed by atoms with Crippen molar-refractivity contribution in [3.05, 3.63) is 35.4 Å². The molecule has 1 amide bonds. The molecule has 2 unspecified atom stereocenters. The number of fused-ring (bicyclic) bond motifs is 4. The summed E-state index contributed by atoms with van der Waals surface area (Å²) in [6.45, 7) is 0.943. The van der Waals surface area contributed by atoms with Crippen LogP contribution in [0.3, 0.4) is 0 Å². The number of nitrogens with one attached hydrogen (secondary N) is 1. The molecule has 0 saturated carbocycles. The van der Waals surface area contributed by atoms with Crippen LogP contribution in [0.1, 0.15) is 24.0 Å². The van der Waals surface area contributed by atoms with Gasteiger partial charge in [0.2, 0.25) is 5.91 Å². The lowest BCUT2D eigenvalue weighted by molar-refractivity contribution is -0.136. The minimum Gasteiger partial charge on any atom is -0.348 e. The summed E-state index contributed by atoms with van der Waals surface area (Å²) in [5.41, 5.74) is 2.33. The van der Waals surface area contributed by atoms with Gasteiger partial charge in [0.25, 0.3) is 0 Å². The quantitative estimate of drug-likeness (QED) is 0.808. The van der Waals surface area contributed by atoms with Crippen molar-refractivity contribution in [2.45, 2.75) is 30.7 Å². The number of piperidine rings is 1. The molecule has 3 rings (SSSR count). The van der Waals surface area contributed by atoms with E-state index in [0.717, 1.165) is 25.8 Å². The summed E-state index contributed by atoms with van der Waals surface area (Å²) in [6, 6.07) is 8.92. The van der Waals surface area contributed by atoms with Gasteiger partial charge in [-0.25, -0.2) is 0 Å². The van der Waals surface area contributed by atoms with E-state index >= 15 is 0 Å². The summed E-state index contributed by atoms with van der Waals surface area (Å²) in [4.78, 5) is 14.4. The Morgan fingerprint density at radius 1 is 1.39 bits per heavy atom. The van der Waals surface area contributed by atoms with Crippen LogP contribution in [-0.2, 0) is 16.6 Å². The zero-order chi connectivity index (χ0) is 12.8. The molecular weight excluding hydrogens is 224 g/mol. The van der Waals surface area contributed by atoms with Crippen LogP contribution in [0.5, 0.6) is 0 Å². The maximum absolute atomic E-state index is 12.7. The highest BCUT2D eigenvalue weighted by Crippen LogP contribution is 2.43. The molecule has 1 aliphatic heterocycles. The maximum atomic E-state index is 12.7. The van der Waals surface area contributed by atoms with Crippen molar-refractivity contribution in [3.63, 3.8) is 0 Å². The average molecular weight is 244 g/mol. The zero-order valence-corrected chi connectivity index (χ0v) is 11.1. The van der Waals surface area contributed by atoms with E-state index in [1.54, 1.807) is 4.90 Å². The predicted molar refractivity (Wildman–Crippen MR) is 71.5 cm³/mol. The Morgan fingerprint density at radius 3 is 2.94 bits per heavy atom. The number of rotatable bonds is 1.